The van der Waals surface area contributed by atoms with E-state index in [0.29, 0.717) is 0 Å². The summed E-state index contributed by atoms with van der Waals surface area (Å²) in [5.74, 6) is 0. The van der Waals surface area contributed by atoms with E-state index in [2.05, 4.69) is 112 Å². The highest BCUT2D eigenvalue weighted by Gasteiger charge is 2.13. The Hall–Kier alpha value is -4.37. The lowest BCUT2D eigenvalue weighted by molar-refractivity contribution is 1.16. The van der Waals surface area contributed by atoms with Gasteiger partial charge in [-0.2, -0.15) is 0 Å². The van der Waals surface area contributed by atoms with Gasteiger partial charge >= 0.3 is 0 Å². The Balaban J connectivity index is 1.49. The molecule has 3 heteroatoms. The second-order valence-corrected chi connectivity index (χ2v) is 8.22. The molecular weight excluding hydrogens is 390 g/mol. The number of H-pyrrole nitrogens is 1. The van der Waals surface area contributed by atoms with Crippen molar-refractivity contribution in [2.45, 2.75) is 0 Å². The first-order valence-corrected chi connectivity index (χ1v) is 10.8. The van der Waals surface area contributed by atoms with Crippen molar-refractivity contribution in [1.82, 2.24) is 14.5 Å². The fourth-order valence-corrected chi connectivity index (χ4v) is 4.95. The Morgan fingerprint density at radius 2 is 1.19 bits per heavy atom. The van der Waals surface area contributed by atoms with Crippen LogP contribution in [0.4, 0.5) is 0 Å². The Morgan fingerprint density at radius 1 is 0.531 bits per heavy atom. The minimum absolute atomic E-state index is 1.12. The van der Waals surface area contributed by atoms with E-state index in [1.165, 1.54) is 54.7 Å². The lowest BCUT2D eigenvalue weighted by Gasteiger charge is -2.08. The zero-order valence-electron chi connectivity index (χ0n) is 17.3. The first-order valence-electron chi connectivity index (χ1n) is 10.8. The molecule has 0 spiro atoms. The average molecular weight is 409 g/mol. The molecule has 7 rings (SSSR count). The molecule has 32 heavy (non-hydrogen) atoms. The molecule has 0 aliphatic heterocycles. The molecule has 3 nitrogen and oxygen atoms in total. The summed E-state index contributed by atoms with van der Waals surface area (Å²) in [6.07, 6.45) is 3.70. The van der Waals surface area contributed by atoms with Crippen LogP contribution in [0.25, 0.3) is 60.4 Å². The molecule has 4 aromatic carbocycles. The van der Waals surface area contributed by atoms with Gasteiger partial charge in [0.1, 0.15) is 0 Å². The summed E-state index contributed by atoms with van der Waals surface area (Å²) >= 11 is 0. The van der Waals surface area contributed by atoms with Gasteiger partial charge in [-0.1, -0.05) is 48.5 Å². The average Bonchev–Trinajstić information content (AvgIpc) is 3.39. The number of aromatic amines is 1. The zero-order chi connectivity index (χ0) is 21.1. The van der Waals surface area contributed by atoms with E-state index in [-0.39, 0.29) is 0 Å². The fourth-order valence-electron chi connectivity index (χ4n) is 4.95. The normalized spacial score (nSPS) is 11.8. The molecule has 1 N–H and O–H groups in total. The predicted molar refractivity (Wildman–Crippen MR) is 133 cm³/mol. The molecule has 0 saturated heterocycles. The van der Waals surface area contributed by atoms with Crippen molar-refractivity contribution >= 4 is 43.6 Å². The highest BCUT2D eigenvalue weighted by molar-refractivity contribution is 6.11. The zero-order valence-corrected chi connectivity index (χ0v) is 17.3. The maximum atomic E-state index is 4.20. The summed E-state index contributed by atoms with van der Waals surface area (Å²) in [5, 5.41) is 5.04. The quantitative estimate of drug-likeness (QED) is 0.315. The largest absolute Gasteiger partial charge is 0.355 e. The molecule has 0 amide bonds. The van der Waals surface area contributed by atoms with Crippen LogP contribution >= 0.6 is 0 Å². The topological polar surface area (TPSA) is 33.6 Å². The van der Waals surface area contributed by atoms with Crippen molar-refractivity contribution in [3.8, 4) is 16.8 Å². The summed E-state index contributed by atoms with van der Waals surface area (Å²) < 4.78 is 2.32. The monoisotopic (exact) mass is 409 g/mol. The molecule has 0 saturated carbocycles. The van der Waals surface area contributed by atoms with Crippen molar-refractivity contribution in [1.29, 1.82) is 0 Å². The molecule has 0 bridgehead atoms. The molecule has 3 heterocycles. The Labute approximate surface area is 184 Å². The van der Waals surface area contributed by atoms with Crippen LogP contribution in [0.1, 0.15) is 0 Å². The van der Waals surface area contributed by atoms with E-state index in [4.69, 9.17) is 0 Å². The van der Waals surface area contributed by atoms with Gasteiger partial charge in [0.15, 0.2) is 0 Å². The lowest BCUT2D eigenvalue weighted by Crippen LogP contribution is -1.93. The van der Waals surface area contributed by atoms with Crippen LogP contribution in [0.2, 0.25) is 0 Å². The van der Waals surface area contributed by atoms with Gasteiger partial charge in [-0.3, -0.25) is 4.98 Å². The molecule has 3 aromatic heterocycles. The van der Waals surface area contributed by atoms with Gasteiger partial charge in [0, 0.05) is 50.7 Å². The van der Waals surface area contributed by atoms with Gasteiger partial charge in [-0.05, 0) is 59.7 Å². The van der Waals surface area contributed by atoms with E-state index < -0.39 is 0 Å². The van der Waals surface area contributed by atoms with E-state index in [0.717, 1.165) is 5.69 Å². The van der Waals surface area contributed by atoms with Gasteiger partial charge in [-0.25, -0.2) is 0 Å². The molecule has 0 fully saturated rings. The summed E-state index contributed by atoms with van der Waals surface area (Å²) in [5.41, 5.74) is 8.33. The number of hydrogen-bond donors (Lipinski definition) is 1. The van der Waals surface area contributed by atoms with Gasteiger partial charge in [0.2, 0.25) is 0 Å². The minimum Gasteiger partial charge on any atom is -0.355 e. The molecule has 7 aromatic rings. The summed E-state index contributed by atoms with van der Waals surface area (Å²) in [6, 6.07) is 34.7. The third-order valence-corrected chi connectivity index (χ3v) is 6.43. The second kappa shape index (κ2) is 6.56. The van der Waals surface area contributed by atoms with Gasteiger partial charge in [-0.15, -0.1) is 0 Å². The van der Waals surface area contributed by atoms with Crippen molar-refractivity contribution in [2.75, 3.05) is 0 Å². The van der Waals surface area contributed by atoms with Crippen LogP contribution in [0.3, 0.4) is 0 Å². The van der Waals surface area contributed by atoms with Crippen LogP contribution in [0.5, 0.6) is 0 Å². The smallest absolute Gasteiger partial charge is 0.0541 e. The van der Waals surface area contributed by atoms with Crippen LogP contribution in [0.15, 0.2) is 109 Å². The number of nitrogens with zero attached hydrogens (tertiary/aromatic N) is 2. The fraction of sp³-hybridized carbons (Fsp3) is 0. The van der Waals surface area contributed by atoms with Crippen LogP contribution in [0, 0.1) is 0 Å². The maximum Gasteiger partial charge on any atom is 0.0541 e. The van der Waals surface area contributed by atoms with Crippen LogP contribution in [-0.2, 0) is 0 Å². The van der Waals surface area contributed by atoms with Crippen molar-refractivity contribution in [3.63, 3.8) is 0 Å². The first kappa shape index (κ1) is 17.3. The molecule has 0 aliphatic rings. The van der Waals surface area contributed by atoms with Gasteiger partial charge in [0.25, 0.3) is 0 Å². The number of para-hydroxylation sites is 2. The van der Waals surface area contributed by atoms with E-state index in [1.54, 1.807) is 0 Å². The molecule has 150 valence electrons. The summed E-state index contributed by atoms with van der Waals surface area (Å²) in [7, 11) is 0. The molecule has 0 atom stereocenters. The highest BCUT2D eigenvalue weighted by atomic mass is 15.0. The number of pyridine rings is 1. The second-order valence-electron chi connectivity index (χ2n) is 8.22. The molecule has 0 radical (unpaired) electrons. The van der Waals surface area contributed by atoms with Gasteiger partial charge in [0.05, 0.1) is 11.0 Å². The third-order valence-electron chi connectivity index (χ3n) is 6.43. The standard InChI is InChI=1S/C29H19N3/c1-3-7-26-22(5-1)24-17-19(9-11-27(24)31-26)20-10-12-29-25(18-20)23-6-2-4-8-28(23)32(29)21-13-15-30-16-14-21/h1-18,31H. The number of rotatable bonds is 2. The van der Waals surface area contributed by atoms with Crippen molar-refractivity contribution in [3.05, 3.63) is 109 Å². The van der Waals surface area contributed by atoms with Crippen LogP contribution < -0.4 is 0 Å². The first-order chi connectivity index (χ1) is 15.9. The highest BCUT2D eigenvalue weighted by Crippen LogP contribution is 2.36. The number of nitrogens with one attached hydrogen (secondary N) is 1. The van der Waals surface area contributed by atoms with Crippen LogP contribution in [-0.4, -0.2) is 14.5 Å². The van der Waals surface area contributed by atoms with Gasteiger partial charge < -0.3 is 9.55 Å². The minimum atomic E-state index is 1.12. The summed E-state index contributed by atoms with van der Waals surface area (Å²) in [4.78, 5) is 7.72. The van der Waals surface area contributed by atoms with E-state index in [1.807, 2.05) is 12.4 Å². The number of aromatic nitrogens is 3. The van der Waals surface area contributed by atoms with E-state index >= 15 is 0 Å². The Morgan fingerprint density at radius 3 is 2.06 bits per heavy atom. The maximum absolute atomic E-state index is 4.20. The number of fused-ring (bicyclic) bond motifs is 6. The Kier molecular flexibility index (Phi) is 3.55. The number of benzene rings is 4. The molecule has 0 aliphatic carbocycles. The predicted octanol–water partition coefficient (Wildman–Crippen LogP) is 7.48. The number of hydrogen-bond acceptors (Lipinski definition) is 1. The van der Waals surface area contributed by atoms with E-state index in [9.17, 15) is 0 Å². The molecular formula is C29H19N3. The Bertz CT molecular complexity index is 1770. The lowest BCUT2D eigenvalue weighted by atomic mass is 10.0. The third kappa shape index (κ3) is 2.45. The van der Waals surface area contributed by atoms with Crippen molar-refractivity contribution < 1.29 is 0 Å². The molecule has 0 unspecified atom stereocenters. The summed E-state index contributed by atoms with van der Waals surface area (Å²) in [6.45, 7) is 0. The SMILES string of the molecule is c1ccc2c(c1)[nH]c1ccc(-c3ccc4c(c3)c3ccccc3n4-c3ccncc3)cc12. The van der Waals surface area contributed by atoms with Crippen molar-refractivity contribution in [2.24, 2.45) is 0 Å².